The lowest BCUT2D eigenvalue weighted by molar-refractivity contribution is -0.121. The number of hydrogen-bond acceptors (Lipinski definition) is 6. The number of hydrogen-bond donors (Lipinski definition) is 1. The Labute approximate surface area is 135 Å². The van der Waals surface area contributed by atoms with Gasteiger partial charge in [-0.05, 0) is 18.2 Å². The summed E-state index contributed by atoms with van der Waals surface area (Å²) < 4.78 is 32.7. The number of anilines is 2. The van der Waals surface area contributed by atoms with E-state index in [2.05, 4.69) is 0 Å². The summed E-state index contributed by atoms with van der Waals surface area (Å²) in [7, 11) is -4.85. The van der Waals surface area contributed by atoms with Crippen LogP contribution in [0.2, 0.25) is 0 Å². The Kier molecular flexibility index (Phi) is 3.43. The highest BCUT2D eigenvalue weighted by Crippen LogP contribution is 2.32. The van der Waals surface area contributed by atoms with E-state index in [1.165, 1.54) is 6.07 Å². The number of nitrogens with zero attached hydrogens (tertiary/aromatic N) is 2. The van der Waals surface area contributed by atoms with Crippen LogP contribution < -0.4 is 9.80 Å². The summed E-state index contributed by atoms with van der Waals surface area (Å²) in [5.74, 6) is -2.95. The summed E-state index contributed by atoms with van der Waals surface area (Å²) in [6, 6.07) is 3.08. The third kappa shape index (κ3) is 2.43. The maximum absolute atomic E-state index is 11.7. The molecule has 0 unspecified atom stereocenters. The fourth-order valence-electron chi connectivity index (χ4n) is 2.33. The lowest BCUT2D eigenvalue weighted by Crippen LogP contribution is -2.32. The van der Waals surface area contributed by atoms with Gasteiger partial charge in [-0.3, -0.25) is 23.7 Å². The molecule has 10 heteroatoms. The van der Waals surface area contributed by atoms with Gasteiger partial charge in [0.2, 0.25) is 0 Å². The third-order valence-electron chi connectivity index (χ3n) is 3.34. The first-order valence-electron chi connectivity index (χ1n) is 6.44. The number of rotatable bonds is 3. The second-order valence-corrected chi connectivity index (χ2v) is 6.21. The van der Waals surface area contributed by atoms with Gasteiger partial charge < -0.3 is 0 Å². The minimum atomic E-state index is -4.85. The van der Waals surface area contributed by atoms with Crippen molar-refractivity contribution in [2.24, 2.45) is 0 Å². The van der Waals surface area contributed by atoms with Crippen LogP contribution in [-0.4, -0.2) is 36.6 Å². The van der Waals surface area contributed by atoms with E-state index in [1.807, 2.05) is 0 Å². The van der Waals surface area contributed by atoms with Crippen LogP contribution in [0.25, 0.3) is 0 Å². The van der Waals surface area contributed by atoms with Crippen molar-refractivity contribution < 1.29 is 32.1 Å². The topological polar surface area (TPSA) is 129 Å². The number of carbonyl (C=O) groups is 4. The molecular formula is C14H8N2O7S. The Morgan fingerprint density at radius 2 is 1.21 bits per heavy atom. The van der Waals surface area contributed by atoms with Gasteiger partial charge in [-0.1, -0.05) is 0 Å². The van der Waals surface area contributed by atoms with E-state index in [9.17, 15) is 32.1 Å². The third-order valence-corrected chi connectivity index (χ3v) is 4.22. The van der Waals surface area contributed by atoms with Crippen LogP contribution in [0.15, 0.2) is 47.4 Å². The first-order chi connectivity index (χ1) is 11.2. The maximum atomic E-state index is 11.7. The molecule has 1 aromatic rings. The van der Waals surface area contributed by atoms with E-state index in [0.717, 1.165) is 36.4 Å². The highest BCUT2D eigenvalue weighted by Gasteiger charge is 2.33. The SMILES string of the molecule is O=C1C=CC(=O)N1c1ccc(N2C(=O)C=CC2=O)c(S(=O)(=O)O)c1. The summed E-state index contributed by atoms with van der Waals surface area (Å²) in [6.45, 7) is 0. The van der Waals surface area contributed by atoms with Gasteiger partial charge in [0.15, 0.2) is 0 Å². The minimum Gasteiger partial charge on any atom is -0.282 e. The predicted octanol–water partition coefficient (Wildman–Crippen LogP) is -0.208. The van der Waals surface area contributed by atoms with Crippen LogP contribution in [-0.2, 0) is 29.3 Å². The number of carbonyl (C=O) groups excluding carboxylic acids is 4. The van der Waals surface area contributed by atoms with Gasteiger partial charge in [0.25, 0.3) is 33.7 Å². The van der Waals surface area contributed by atoms with E-state index >= 15 is 0 Å². The first kappa shape index (κ1) is 15.8. The molecule has 0 aromatic heterocycles. The zero-order valence-corrected chi connectivity index (χ0v) is 12.6. The highest BCUT2D eigenvalue weighted by atomic mass is 32.2. The maximum Gasteiger partial charge on any atom is 0.296 e. The summed E-state index contributed by atoms with van der Waals surface area (Å²) in [6.07, 6.45) is 3.89. The van der Waals surface area contributed by atoms with Gasteiger partial charge in [0, 0.05) is 24.3 Å². The Bertz CT molecular complexity index is 939. The molecule has 2 aliphatic heterocycles. The number of imide groups is 2. The van der Waals surface area contributed by atoms with Gasteiger partial charge >= 0.3 is 0 Å². The summed E-state index contributed by atoms with van der Waals surface area (Å²) in [5, 5.41) is 0. The molecule has 1 N–H and O–H groups in total. The highest BCUT2D eigenvalue weighted by molar-refractivity contribution is 7.86. The second-order valence-electron chi connectivity index (χ2n) is 4.82. The fraction of sp³-hybridized carbons (Fsp3) is 0. The molecule has 24 heavy (non-hydrogen) atoms. The Morgan fingerprint density at radius 3 is 1.67 bits per heavy atom. The summed E-state index contributed by atoms with van der Waals surface area (Å²) in [4.78, 5) is 47.2. The lowest BCUT2D eigenvalue weighted by atomic mass is 10.2. The van der Waals surface area contributed by atoms with E-state index in [1.54, 1.807) is 0 Å². The van der Waals surface area contributed by atoms with Gasteiger partial charge in [-0.25, -0.2) is 9.80 Å². The Hall–Kier alpha value is -3.11. The molecule has 0 spiro atoms. The average Bonchev–Trinajstić information content (AvgIpc) is 3.00. The number of benzene rings is 1. The van der Waals surface area contributed by atoms with E-state index in [4.69, 9.17) is 0 Å². The molecular weight excluding hydrogens is 340 g/mol. The molecule has 0 aliphatic carbocycles. The molecule has 122 valence electrons. The van der Waals surface area contributed by atoms with Gasteiger partial charge in [-0.2, -0.15) is 8.42 Å². The molecule has 0 fully saturated rings. The Morgan fingerprint density at radius 1 is 0.750 bits per heavy atom. The quantitative estimate of drug-likeness (QED) is 0.591. The predicted molar refractivity (Wildman–Crippen MR) is 79.5 cm³/mol. The molecule has 0 radical (unpaired) electrons. The van der Waals surface area contributed by atoms with Crippen molar-refractivity contribution in [3.63, 3.8) is 0 Å². The van der Waals surface area contributed by atoms with Crippen LogP contribution in [0, 0.1) is 0 Å². The molecule has 2 heterocycles. The van der Waals surface area contributed by atoms with E-state index in [-0.39, 0.29) is 11.4 Å². The number of amides is 4. The smallest absolute Gasteiger partial charge is 0.282 e. The molecule has 0 bridgehead atoms. The minimum absolute atomic E-state index is 0.126. The van der Waals surface area contributed by atoms with Crippen molar-refractivity contribution in [2.45, 2.75) is 4.90 Å². The largest absolute Gasteiger partial charge is 0.296 e. The summed E-state index contributed by atoms with van der Waals surface area (Å²) in [5.41, 5.74) is -0.508. The van der Waals surface area contributed by atoms with Crippen LogP contribution in [0.4, 0.5) is 11.4 Å². The molecule has 0 saturated heterocycles. The molecule has 1 aromatic carbocycles. The van der Waals surface area contributed by atoms with Gasteiger partial charge in [0.05, 0.1) is 11.4 Å². The van der Waals surface area contributed by atoms with Crippen LogP contribution in [0.5, 0.6) is 0 Å². The zero-order chi connectivity index (χ0) is 17.6. The second kappa shape index (κ2) is 5.22. The van der Waals surface area contributed by atoms with E-state index < -0.39 is 38.6 Å². The van der Waals surface area contributed by atoms with Crippen LogP contribution >= 0.6 is 0 Å². The van der Waals surface area contributed by atoms with Crippen molar-refractivity contribution in [1.29, 1.82) is 0 Å². The molecule has 3 rings (SSSR count). The van der Waals surface area contributed by atoms with E-state index in [0.29, 0.717) is 9.80 Å². The molecule has 0 saturated carbocycles. The van der Waals surface area contributed by atoms with Crippen LogP contribution in [0.1, 0.15) is 0 Å². The monoisotopic (exact) mass is 348 g/mol. The van der Waals surface area contributed by atoms with Crippen molar-refractivity contribution in [3.05, 3.63) is 42.5 Å². The van der Waals surface area contributed by atoms with Gasteiger partial charge in [0.1, 0.15) is 4.90 Å². The average molecular weight is 348 g/mol. The van der Waals surface area contributed by atoms with Crippen molar-refractivity contribution in [3.8, 4) is 0 Å². The first-order valence-corrected chi connectivity index (χ1v) is 7.88. The molecule has 2 aliphatic rings. The normalized spacial score (nSPS) is 17.5. The van der Waals surface area contributed by atoms with Gasteiger partial charge in [-0.15, -0.1) is 0 Å². The van der Waals surface area contributed by atoms with Crippen molar-refractivity contribution in [2.75, 3.05) is 9.80 Å². The zero-order valence-electron chi connectivity index (χ0n) is 11.7. The molecule has 0 atom stereocenters. The van der Waals surface area contributed by atoms with Crippen molar-refractivity contribution in [1.82, 2.24) is 0 Å². The van der Waals surface area contributed by atoms with Crippen molar-refractivity contribution >= 4 is 45.1 Å². The Balaban J connectivity index is 2.16. The molecule has 9 nitrogen and oxygen atoms in total. The van der Waals surface area contributed by atoms with Crippen LogP contribution in [0.3, 0.4) is 0 Å². The lowest BCUT2D eigenvalue weighted by Gasteiger charge is -2.20. The standard InChI is InChI=1S/C14H8N2O7S/c17-11-3-4-12(18)15(11)8-1-2-9(10(7-8)24(21,22)23)16-13(19)5-6-14(16)20/h1-7H,(H,21,22,23). The fourth-order valence-corrected chi connectivity index (χ4v) is 3.02. The summed E-state index contributed by atoms with van der Waals surface area (Å²) >= 11 is 0. The molecule has 4 amide bonds.